The molecule has 1 aliphatic rings. The number of fused-ring (bicyclic) bond motifs is 1. The molecule has 2 aromatic rings. The maximum absolute atomic E-state index is 12.1. The topological polar surface area (TPSA) is 58.2 Å². The van der Waals surface area contributed by atoms with Gasteiger partial charge in [-0.25, -0.2) is 4.98 Å². The van der Waals surface area contributed by atoms with Crippen molar-refractivity contribution < 1.29 is 9.53 Å². The van der Waals surface area contributed by atoms with Gasteiger partial charge >= 0.3 is 5.97 Å². The first kappa shape index (κ1) is 16.0. The zero-order valence-electron chi connectivity index (χ0n) is 13.9. The molecule has 1 saturated heterocycles. The molecule has 5 heteroatoms. The highest BCUT2D eigenvalue weighted by atomic mass is 16.5. The number of likely N-dealkylation sites (tertiary alicyclic amines) is 1. The van der Waals surface area contributed by atoms with Gasteiger partial charge in [0.25, 0.3) is 0 Å². The van der Waals surface area contributed by atoms with E-state index in [2.05, 4.69) is 22.9 Å². The van der Waals surface area contributed by atoms with Gasteiger partial charge in [-0.05, 0) is 44.9 Å². The number of ether oxygens (including phenoxy) is 1. The number of H-pyrrole nitrogens is 1. The standard InChI is InChI=1S/C18H25N3O2/c1-3-16(17-19-14-9-5-6-10-15(14)20-17)21-11-7-8-13(12-21)18(22)23-4-2/h5-6,9-10,13,16H,3-4,7-8,11-12H2,1-2H3,(H,19,20). The third-order valence-corrected chi connectivity index (χ3v) is 4.62. The highest BCUT2D eigenvalue weighted by Crippen LogP contribution is 2.29. The van der Waals surface area contributed by atoms with Crippen molar-refractivity contribution >= 4 is 17.0 Å². The third kappa shape index (κ3) is 3.39. The summed E-state index contributed by atoms with van der Waals surface area (Å²) in [5.41, 5.74) is 2.07. The van der Waals surface area contributed by atoms with Gasteiger partial charge in [0.2, 0.25) is 0 Å². The molecule has 2 heterocycles. The molecule has 1 fully saturated rings. The molecular formula is C18H25N3O2. The first-order valence-electron chi connectivity index (χ1n) is 8.58. The van der Waals surface area contributed by atoms with Crippen LogP contribution < -0.4 is 0 Å². The van der Waals surface area contributed by atoms with E-state index < -0.39 is 0 Å². The molecule has 23 heavy (non-hydrogen) atoms. The van der Waals surface area contributed by atoms with Crippen LogP contribution in [0, 0.1) is 5.92 Å². The predicted octanol–water partition coefficient (Wildman–Crippen LogP) is 3.29. The van der Waals surface area contributed by atoms with Gasteiger partial charge in [-0.15, -0.1) is 0 Å². The molecule has 0 aliphatic carbocycles. The number of hydrogen-bond donors (Lipinski definition) is 1. The number of carbonyl (C=O) groups excluding carboxylic acids is 1. The minimum atomic E-state index is -0.0586. The molecule has 5 nitrogen and oxygen atoms in total. The summed E-state index contributed by atoms with van der Waals surface area (Å²) in [5, 5.41) is 0. The van der Waals surface area contributed by atoms with Gasteiger partial charge in [0, 0.05) is 6.54 Å². The van der Waals surface area contributed by atoms with Gasteiger partial charge in [-0.3, -0.25) is 9.69 Å². The summed E-state index contributed by atoms with van der Waals surface area (Å²) in [6, 6.07) is 8.32. The summed E-state index contributed by atoms with van der Waals surface area (Å²) in [6.45, 7) is 6.25. The molecule has 1 aromatic carbocycles. The van der Waals surface area contributed by atoms with Crippen LogP contribution in [0.5, 0.6) is 0 Å². The molecule has 0 amide bonds. The van der Waals surface area contributed by atoms with E-state index in [1.54, 1.807) is 0 Å². The summed E-state index contributed by atoms with van der Waals surface area (Å²) < 4.78 is 5.21. The van der Waals surface area contributed by atoms with Crippen LogP contribution in [0.2, 0.25) is 0 Å². The number of nitrogens with zero attached hydrogens (tertiary/aromatic N) is 2. The van der Waals surface area contributed by atoms with Crippen LogP contribution in [0.1, 0.15) is 45.0 Å². The van der Waals surface area contributed by atoms with Gasteiger partial charge in [-0.2, -0.15) is 0 Å². The largest absolute Gasteiger partial charge is 0.466 e. The van der Waals surface area contributed by atoms with E-state index in [1.165, 1.54) is 0 Å². The molecule has 3 rings (SSSR count). The van der Waals surface area contributed by atoms with Crippen molar-refractivity contribution in [3.05, 3.63) is 30.1 Å². The molecular weight excluding hydrogens is 290 g/mol. The van der Waals surface area contributed by atoms with E-state index in [1.807, 2.05) is 25.1 Å². The van der Waals surface area contributed by atoms with E-state index in [0.29, 0.717) is 6.61 Å². The molecule has 1 aliphatic heterocycles. The van der Waals surface area contributed by atoms with E-state index in [-0.39, 0.29) is 17.9 Å². The van der Waals surface area contributed by atoms with Gasteiger partial charge < -0.3 is 9.72 Å². The van der Waals surface area contributed by atoms with Crippen molar-refractivity contribution in [2.45, 2.75) is 39.2 Å². The van der Waals surface area contributed by atoms with E-state index in [4.69, 9.17) is 9.72 Å². The zero-order valence-corrected chi connectivity index (χ0v) is 13.9. The normalized spacial score (nSPS) is 20.5. The molecule has 2 atom stereocenters. The monoisotopic (exact) mass is 315 g/mol. The zero-order chi connectivity index (χ0) is 16.2. The fraction of sp³-hybridized carbons (Fsp3) is 0.556. The second kappa shape index (κ2) is 7.13. The van der Waals surface area contributed by atoms with Crippen LogP contribution >= 0.6 is 0 Å². The van der Waals surface area contributed by atoms with Gasteiger partial charge in [0.05, 0.1) is 29.6 Å². The number of para-hydroxylation sites is 2. The Balaban J connectivity index is 1.78. The first-order valence-corrected chi connectivity index (χ1v) is 8.58. The Morgan fingerprint density at radius 1 is 1.43 bits per heavy atom. The van der Waals surface area contributed by atoms with Crippen molar-refractivity contribution in [3.8, 4) is 0 Å². The highest BCUT2D eigenvalue weighted by molar-refractivity contribution is 5.75. The minimum Gasteiger partial charge on any atom is -0.466 e. The number of nitrogens with one attached hydrogen (secondary N) is 1. The smallest absolute Gasteiger partial charge is 0.310 e. The van der Waals surface area contributed by atoms with Crippen LogP contribution in [0.3, 0.4) is 0 Å². The van der Waals surface area contributed by atoms with Crippen LogP contribution in [0.4, 0.5) is 0 Å². The van der Waals surface area contributed by atoms with Crippen molar-refractivity contribution in [1.29, 1.82) is 0 Å². The lowest BCUT2D eigenvalue weighted by molar-refractivity contribution is -0.150. The minimum absolute atomic E-state index is 0.0119. The van der Waals surface area contributed by atoms with Crippen molar-refractivity contribution in [2.24, 2.45) is 5.92 Å². The van der Waals surface area contributed by atoms with Crippen LogP contribution in [-0.4, -0.2) is 40.5 Å². The maximum Gasteiger partial charge on any atom is 0.310 e. The second-order valence-corrected chi connectivity index (χ2v) is 6.15. The number of aromatic nitrogens is 2. The number of hydrogen-bond acceptors (Lipinski definition) is 4. The van der Waals surface area contributed by atoms with E-state index in [9.17, 15) is 4.79 Å². The van der Waals surface area contributed by atoms with Crippen molar-refractivity contribution in [1.82, 2.24) is 14.9 Å². The van der Waals surface area contributed by atoms with Crippen molar-refractivity contribution in [2.75, 3.05) is 19.7 Å². The molecule has 0 bridgehead atoms. The average Bonchev–Trinajstić information content (AvgIpc) is 2.99. The van der Waals surface area contributed by atoms with Gasteiger partial charge in [-0.1, -0.05) is 19.1 Å². The second-order valence-electron chi connectivity index (χ2n) is 6.15. The Kier molecular flexibility index (Phi) is 4.96. The number of imidazole rings is 1. The third-order valence-electron chi connectivity index (χ3n) is 4.62. The van der Waals surface area contributed by atoms with Gasteiger partial charge in [0.1, 0.15) is 5.82 Å². The summed E-state index contributed by atoms with van der Waals surface area (Å²) in [4.78, 5) is 22.6. The van der Waals surface area contributed by atoms with Gasteiger partial charge in [0.15, 0.2) is 0 Å². The molecule has 0 radical (unpaired) electrons. The van der Waals surface area contributed by atoms with Crippen molar-refractivity contribution in [3.63, 3.8) is 0 Å². The SMILES string of the molecule is CCOC(=O)C1CCCN(C(CC)c2nc3ccccc3[nH]2)C1. The number of benzene rings is 1. The number of piperidine rings is 1. The van der Waals surface area contributed by atoms with E-state index >= 15 is 0 Å². The maximum atomic E-state index is 12.1. The summed E-state index contributed by atoms with van der Waals surface area (Å²) in [7, 11) is 0. The molecule has 2 unspecified atom stereocenters. The van der Waals surface area contributed by atoms with Crippen LogP contribution in [0.15, 0.2) is 24.3 Å². The highest BCUT2D eigenvalue weighted by Gasteiger charge is 2.31. The molecule has 1 N–H and O–H groups in total. The molecule has 0 spiro atoms. The average molecular weight is 315 g/mol. The lowest BCUT2D eigenvalue weighted by atomic mass is 9.96. The molecule has 1 aromatic heterocycles. The fourth-order valence-electron chi connectivity index (χ4n) is 3.50. The Morgan fingerprint density at radius 2 is 2.26 bits per heavy atom. The first-order chi connectivity index (χ1) is 11.2. The number of esters is 1. The van der Waals surface area contributed by atoms with Crippen LogP contribution in [-0.2, 0) is 9.53 Å². The van der Waals surface area contributed by atoms with E-state index in [0.717, 1.165) is 49.2 Å². The quantitative estimate of drug-likeness (QED) is 0.860. The molecule has 0 saturated carbocycles. The Bertz CT molecular complexity index is 634. The summed E-state index contributed by atoms with van der Waals surface area (Å²) in [5.74, 6) is 0.928. The van der Waals surface area contributed by atoms with Crippen LogP contribution in [0.25, 0.3) is 11.0 Å². The molecule has 124 valence electrons. The Morgan fingerprint density at radius 3 is 3.00 bits per heavy atom. The Hall–Kier alpha value is -1.88. The summed E-state index contributed by atoms with van der Waals surface area (Å²) in [6.07, 6.45) is 2.92. The Labute approximate surface area is 137 Å². The summed E-state index contributed by atoms with van der Waals surface area (Å²) >= 11 is 0. The fourth-order valence-corrected chi connectivity index (χ4v) is 3.50. The lowest BCUT2D eigenvalue weighted by Gasteiger charge is -2.36. The lowest BCUT2D eigenvalue weighted by Crippen LogP contribution is -2.41. The number of carbonyl (C=O) groups is 1. The number of aromatic amines is 1. The number of rotatable bonds is 5. The predicted molar refractivity (Wildman–Crippen MR) is 90.1 cm³/mol.